The average Bonchev–Trinajstić information content (AvgIpc) is 3.28. The topological polar surface area (TPSA) is 99.1 Å². The van der Waals surface area contributed by atoms with Gasteiger partial charge in [-0.2, -0.15) is 0 Å². The summed E-state index contributed by atoms with van der Waals surface area (Å²) in [5.74, 6) is -1.47. The van der Waals surface area contributed by atoms with Crippen LogP contribution in [0.5, 0.6) is 0 Å². The molecule has 1 N–H and O–H groups in total. The summed E-state index contributed by atoms with van der Waals surface area (Å²) >= 11 is 0. The summed E-state index contributed by atoms with van der Waals surface area (Å²) in [5.41, 5.74) is 0. The zero-order valence-electron chi connectivity index (χ0n) is 43.6. The summed E-state index contributed by atoms with van der Waals surface area (Å²) in [6, 6.07) is -0.618. The number of hydrogen-bond acceptors (Lipinski definition) is 6. The van der Waals surface area contributed by atoms with Crippen LogP contribution in [-0.2, 0) is 28.6 Å². The highest BCUT2D eigenvalue weighted by Crippen LogP contribution is 2.16. The largest absolute Gasteiger partial charge is 0.477 e. The molecule has 0 radical (unpaired) electrons. The lowest BCUT2D eigenvalue weighted by Crippen LogP contribution is -2.50. The van der Waals surface area contributed by atoms with Crippen molar-refractivity contribution in [1.29, 1.82) is 0 Å². The molecular formula is C58H104NO7+. The molecule has 382 valence electrons. The van der Waals surface area contributed by atoms with Gasteiger partial charge in [-0.3, -0.25) is 9.59 Å². The van der Waals surface area contributed by atoms with Crippen LogP contribution < -0.4 is 0 Å². The van der Waals surface area contributed by atoms with Crippen LogP contribution in [0.25, 0.3) is 0 Å². The van der Waals surface area contributed by atoms with Crippen LogP contribution in [0.2, 0.25) is 0 Å². The fourth-order valence-electron chi connectivity index (χ4n) is 7.96. The minimum atomic E-state index is -0.875. The predicted molar refractivity (Wildman–Crippen MR) is 280 cm³/mol. The van der Waals surface area contributed by atoms with Crippen LogP contribution in [0.3, 0.4) is 0 Å². The second-order valence-corrected chi connectivity index (χ2v) is 19.5. The highest BCUT2D eigenvalue weighted by Gasteiger charge is 2.31. The van der Waals surface area contributed by atoms with Gasteiger partial charge in [0.25, 0.3) is 0 Å². The molecule has 2 atom stereocenters. The van der Waals surface area contributed by atoms with E-state index in [-0.39, 0.29) is 36.2 Å². The molecule has 0 aliphatic heterocycles. The van der Waals surface area contributed by atoms with Gasteiger partial charge in [-0.1, -0.05) is 203 Å². The molecule has 0 aromatic carbocycles. The van der Waals surface area contributed by atoms with E-state index in [9.17, 15) is 19.5 Å². The van der Waals surface area contributed by atoms with E-state index in [1.165, 1.54) is 141 Å². The van der Waals surface area contributed by atoms with E-state index in [0.29, 0.717) is 19.3 Å². The number of ether oxygens (including phenoxy) is 3. The van der Waals surface area contributed by atoms with E-state index >= 15 is 0 Å². The Morgan fingerprint density at radius 3 is 1.27 bits per heavy atom. The highest BCUT2D eigenvalue weighted by atomic mass is 16.6. The van der Waals surface area contributed by atoms with Gasteiger partial charge in [0.15, 0.2) is 12.1 Å². The molecule has 0 fully saturated rings. The fourth-order valence-corrected chi connectivity index (χ4v) is 7.96. The Hall–Kier alpha value is -2.97. The van der Waals surface area contributed by atoms with Crippen molar-refractivity contribution in [3.05, 3.63) is 60.8 Å². The van der Waals surface area contributed by atoms with Crippen molar-refractivity contribution in [2.24, 2.45) is 0 Å². The standard InChI is InChI=1S/C58H103NO7/c1-6-8-10-12-14-16-18-20-22-24-26-27-28-29-31-33-35-37-39-41-43-45-47-49-57(61)66-54(52-64-51-50-55(58(62)63)59(3,4)5)53-65-56(60)48-46-44-42-40-38-36-34-32-30-25-23-21-19-17-15-13-11-9-7-2/h8,10,14,16,20-23,26-27,54-55H,6-7,9,11-13,15,17-19,24-25,28-53H2,1-5H3/p+1/b10-8-,16-14-,22-20-,23-21-,27-26-. The number of nitrogens with zero attached hydrogens (tertiary/aromatic N) is 1. The minimum Gasteiger partial charge on any atom is -0.477 e. The number of aliphatic carboxylic acids is 1. The molecule has 8 heteroatoms. The number of allylic oxidation sites excluding steroid dienone is 10. The maximum absolute atomic E-state index is 12.8. The van der Waals surface area contributed by atoms with Gasteiger partial charge >= 0.3 is 17.9 Å². The first-order valence-electron chi connectivity index (χ1n) is 27.3. The third kappa shape index (κ3) is 46.2. The van der Waals surface area contributed by atoms with E-state index in [4.69, 9.17) is 14.2 Å². The molecule has 0 heterocycles. The lowest BCUT2D eigenvalue weighted by atomic mass is 10.0. The molecule has 0 rings (SSSR count). The Balaban J connectivity index is 4.21. The monoisotopic (exact) mass is 927 g/mol. The van der Waals surface area contributed by atoms with Crippen molar-refractivity contribution in [3.63, 3.8) is 0 Å². The van der Waals surface area contributed by atoms with Gasteiger partial charge < -0.3 is 23.8 Å². The summed E-state index contributed by atoms with van der Waals surface area (Å²) in [4.78, 5) is 37.2. The number of rotatable bonds is 49. The van der Waals surface area contributed by atoms with Gasteiger partial charge in [-0.25, -0.2) is 4.79 Å². The molecule has 0 amide bonds. The van der Waals surface area contributed by atoms with Gasteiger partial charge in [0.05, 0.1) is 34.4 Å². The van der Waals surface area contributed by atoms with Crippen LogP contribution >= 0.6 is 0 Å². The molecule has 0 aliphatic rings. The quantitative estimate of drug-likeness (QED) is 0.0281. The molecule has 0 aromatic heterocycles. The Kier molecular flexibility index (Phi) is 46.3. The second kappa shape index (κ2) is 48.5. The van der Waals surface area contributed by atoms with E-state index in [1.54, 1.807) is 0 Å². The molecule has 0 aliphatic carbocycles. The Labute approximate surface area is 407 Å². The van der Waals surface area contributed by atoms with Crippen molar-refractivity contribution >= 4 is 17.9 Å². The number of hydrogen-bond donors (Lipinski definition) is 1. The maximum Gasteiger partial charge on any atom is 0.362 e. The lowest BCUT2D eigenvalue weighted by Gasteiger charge is -2.31. The van der Waals surface area contributed by atoms with Gasteiger partial charge in [0.1, 0.15) is 6.61 Å². The number of carboxylic acid groups (broad SMARTS) is 1. The molecule has 0 saturated heterocycles. The Bertz CT molecular complexity index is 1260. The average molecular weight is 927 g/mol. The smallest absolute Gasteiger partial charge is 0.362 e. The Morgan fingerprint density at radius 2 is 0.848 bits per heavy atom. The van der Waals surface area contributed by atoms with Crippen LogP contribution in [0.4, 0.5) is 0 Å². The summed E-state index contributed by atoms with van der Waals surface area (Å²) in [5, 5.41) is 9.67. The Morgan fingerprint density at radius 1 is 0.470 bits per heavy atom. The zero-order chi connectivity index (χ0) is 48.4. The van der Waals surface area contributed by atoms with Crippen LogP contribution in [0, 0.1) is 0 Å². The third-order valence-electron chi connectivity index (χ3n) is 12.2. The maximum atomic E-state index is 12.8. The summed E-state index contributed by atoms with van der Waals surface area (Å²) in [6.07, 6.45) is 61.3. The second-order valence-electron chi connectivity index (χ2n) is 19.5. The lowest BCUT2D eigenvalue weighted by molar-refractivity contribution is -0.887. The molecule has 66 heavy (non-hydrogen) atoms. The van der Waals surface area contributed by atoms with Crippen LogP contribution in [0.15, 0.2) is 60.8 Å². The van der Waals surface area contributed by atoms with Crippen LogP contribution in [-0.4, -0.2) is 80.6 Å². The SMILES string of the molecule is CC/C=C\C/C=C\C/C=C\C/C=C\CCCCCCCCCCCCC(=O)OC(COCCC(C(=O)O)[N+](C)(C)C)COC(=O)CCCCCCCCCCC/C=C\CCCCCCCC. The van der Waals surface area contributed by atoms with Gasteiger partial charge in [0, 0.05) is 19.3 Å². The first-order chi connectivity index (χ1) is 32.1. The summed E-state index contributed by atoms with van der Waals surface area (Å²) in [6.45, 7) is 4.64. The molecule has 0 bridgehead atoms. The number of esters is 2. The molecule has 0 saturated carbocycles. The minimum absolute atomic E-state index is 0.0540. The number of quaternary nitrogens is 1. The van der Waals surface area contributed by atoms with Crippen molar-refractivity contribution in [2.45, 2.75) is 251 Å². The highest BCUT2D eigenvalue weighted by molar-refractivity contribution is 5.72. The molecule has 2 unspecified atom stereocenters. The van der Waals surface area contributed by atoms with Gasteiger partial charge in [-0.05, 0) is 77.0 Å². The first kappa shape index (κ1) is 63.0. The fraction of sp³-hybridized carbons (Fsp3) is 0.776. The van der Waals surface area contributed by atoms with Gasteiger partial charge in [0.2, 0.25) is 0 Å². The molecule has 0 aromatic rings. The number of likely N-dealkylation sites (N-methyl/N-ethyl adjacent to an activating group) is 1. The van der Waals surface area contributed by atoms with Crippen molar-refractivity contribution < 1.29 is 38.2 Å². The molecular weight excluding hydrogens is 823 g/mol. The van der Waals surface area contributed by atoms with Crippen molar-refractivity contribution in [1.82, 2.24) is 0 Å². The van der Waals surface area contributed by atoms with E-state index in [2.05, 4.69) is 74.6 Å². The summed E-state index contributed by atoms with van der Waals surface area (Å²) in [7, 11) is 5.54. The van der Waals surface area contributed by atoms with Crippen molar-refractivity contribution in [2.75, 3.05) is 41.0 Å². The third-order valence-corrected chi connectivity index (χ3v) is 12.2. The van der Waals surface area contributed by atoms with E-state index in [1.807, 2.05) is 21.1 Å². The van der Waals surface area contributed by atoms with E-state index < -0.39 is 18.1 Å². The van der Waals surface area contributed by atoms with Gasteiger partial charge in [-0.15, -0.1) is 0 Å². The number of unbranched alkanes of at least 4 members (excludes halogenated alkanes) is 25. The summed E-state index contributed by atoms with van der Waals surface area (Å²) < 4.78 is 17.4. The molecule has 8 nitrogen and oxygen atoms in total. The van der Waals surface area contributed by atoms with E-state index in [0.717, 1.165) is 64.2 Å². The molecule has 0 spiro atoms. The normalized spacial score (nSPS) is 13.3. The predicted octanol–water partition coefficient (Wildman–Crippen LogP) is 16.1. The zero-order valence-corrected chi connectivity index (χ0v) is 43.6. The van der Waals surface area contributed by atoms with Crippen molar-refractivity contribution in [3.8, 4) is 0 Å². The first-order valence-corrected chi connectivity index (χ1v) is 27.3. The number of carbonyl (C=O) groups is 3. The van der Waals surface area contributed by atoms with Crippen LogP contribution in [0.1, 0.15) is 239 Å². The number of carbonyl (C=O) groups excluding carboxylic acids is 2. The number of carboxylic acids is 1.